The molecule has 176 valence electrons. The fourth-order valence-corrected chi connectivity index (χ4v) is 7.58. The molecule has 0 amide bonds. The highest BCUT2D eigenvalue weighted by atomic mass is 19.1. The number of carbonyl (C=O) groups excluding carboxylic acids is 3. The second-order valence-corrected chi connectivity index (χ2v) is 10.5. The van der Waals surface area contributed by atoms with E-state index in [9.17, 15) is 29.4 Å². The van der Waals surface area contributed by atoms with E-state index >= 15 is 4.39 Å². The standard InChI is InChI=1S/C24H31FO7/c1-4-18(28)32-23(19(29)20(30)31)10-8-15-16-6-5-13-11-14(26)7-9-21(13,2)24(16,25)17(27)12-22(15,23)3/h11,15-17,27H,4-10,12H2,1-3H3,(H,30,31)/t15-,16-,17-,21-,22-,23-,24-/m0/s1. The molecular formula is C24H31FO7. The van der Waals surface area contributed by atoms with Crippen LogP contribution in [0.15, 0.2) is 11.6 Å². The van der Waals surface area contributed by atoms with Crippen molar-refractivity contribution in [3.05, 3.63) is 11.6 Å². The number of carboxylic acid groups (broad SMARTS) is 1. The zero-order valence-corrected chi connectivity index (χ0v) is 18.8. The minimum atomic E-state index is -2.01. The first kappa shape index (κ1) is 23.1. The number of carbonyl (C=O) groups is 4. The summed E-state index contributed by atoms with van der Waals surface area (Å²) in [5.74, 6) is -4.73. The van der Waals surface area contributed by atoms with Gasteiger partial charge >= 0.3 is 11.9 Å². The zero-order chi connectivity index (χ0) is 23.7. The van der Waals surface area contributed by atoms with Gasteiger partial charge in [-0.25, -0.2) is 9.18 Å². The highest BCUT2D eigenvalue weighted by Gasteiger charge is 2.76. The number of ketones is 2. The molecule has 0 aromatic rings. The van der Waals surface area contributed by atoms with E-state index in [0.717, 1.165) is 5.57 Å². The van der Waals surface area contributed by atoms with Crippen LogP contribution >= 0.6 is 0 Å². The Morgan fingerprint density at radius 2 is 1.84 bits per heavy atom. The Hall–Kier alpha value is -2.09. The summed E-state index contributed by atoms with van der Waals surface area (Å²) in [7, 11) is 0. The molecule has 0 aromatic carbocycles. The minimum Gasteiger partial charge on any atom is -0.475 e. The molecule has 0 bridgehead atoms. The number of Topliss-reactive ketones (excluding diaryl/α,β-unsaturated/α-hetero) is 1. The van der Waals surface area contributed by atoms with Crippen LogP contribution in [0.4, 0.5) is 4.39 Å². The third kappa shape index (κ3) is 2.68. The van der Waals surface area contributed by atoms with Crippen LogP contribution in [0.5, 0.6) is 0 Å². The average Bonchev–Trinajstić information content (AvgIpc) is 3.01. The summed E-state index contributed by atoms with van der Waals surface area (Å²) in [6.07, 6.45) is 1.51. The molecule has 0 aromatic heterocycles. The number of fused-ring (bicyclic) bond motifs is 5. The number of hydrogen-bond donors (Lipinski definition) is 2. The first-order valence-corrected chi connectivity index (χ1v) is 11.5. The second-order valence-electron chi connectivity index (χ2n) is 10.5. The maximum atomic E-state index is 17.1. The Kier molecular flexibility index (Phi) is 5.20. The third-order valence-corrected chi connectivity index (χ3v) is 9.30. The number of halogens is 1. The number of rotatable bonds is 4. The van der Waals surface area contributed by atoms with Crippen molar-refractivity contribution in [2.45, 2.75) is 89.5 Å². The highest BCUT2D eigenvalue weighted by Crippen LogP contribution is 2.71. The lowest BCUT2D eigenvalue weighted by molar-refractivity contribution is -0.232. The molecule has 7 atom stereocenters. The van der Waals surface area contributed by atoms with Crippen LogP contribution < -0.4 is 0 Å². The van der Waals surface area contributed by atoms with E-state index in [4.69, 9.17) is 4.74 Å². The molecular weight excluding hydrogens is 419 g/mol. The summed E-state index contributed by atoms with van der Waals surface area (Å²) < 4.78 is 22.7. The fourth-order valence-electron chi connectivity index (χ4n) is 7.58. The number of ether oxygens (including phenoxy) is 1. The predicted molar refractivity (Wildman–Crippen MR) is 110 cm³/mol. The van der Waals surface area contributed by atoms with Gasteiger partial charge < -0.3 is 14.9 Å². The van der Waals surface area contributed by atoms with Crippen molar-refractivity contribution in [1.29, 1.82) is 0 Å². The molecule has 8 heteroatoms. The van der Waals surface area contributed by atoms with E-state index in [1.807, 2.05) is 0 Å². The third-order valence-electron chi connectivity index (χ3n) is 9.30. The van der Waals surface area contributed by atoms with E-state index in [1.165, 1.54) is 6.08 Å². The van der Waals surface area contributed by atoms with Gasteiger partial charge in [-0.2, -0.15) is 0 Å². The molecule has 0 saturated heterocycles. The Labute approximate surface area is 186 Å². The molecule has 0 aliphatic heterocycles. The van der Waals surface area contributed by atoms with Crippen molar-refractivity contribution >= 4 is 23.5 Å². The molecule has 2 N–H and O–H groups in total. The maximum Gasteiger partial charge on any atom is 0.376 e. The van der Waals surface area contributed by atoms with Crippen molar-refractivity contribution in [2.75, 3.05) is 0 Å². The van der Waals surface area contributed by atoms with Gasteiger partial charge in [0.2, 0.25) is 0 Å². The van der Waals surface area contributed by atoms with Gasteiger partial charge in [-0.3, -0.25) is 14.4 Å². The SMILES string of the molecule is CCC(=O)O[C@]1(C(=O)C(=O)O)CC[C@H]2[C@@H]3CCC4=CC(=O)CC[C@]4(C)[C@@]3(F)[C@@H](O)C[C@@]21C. The summed E-state index contributed by atoms with van der Waals surface area (Å²) in [6, 6.07) is 0. The smallest absolute Gasteiger partial charge is 0.376 e. The van der Waals surface area contributed by atoms with Gasteiger partial charge in [0, 0.05) is 29.6 Å². The normalized spacial score (nSPS) is 45.2. The van der Waals surface area contributed by atoms with Gasteiger partial charge in [0.1, 0.15) is 5.67 Å². The van der Waals surface area contributed by atoms with Crippen LogP contribution in [0.25, 0.3) is 0 Å². The number of aliphatic carboxylic acids is 1. The van der Waals surface area contributed by atoms with Crippen molar-refractivity contribution in [1.82, 2.24) is 0 Å². The molecule has 0 heterocycles. The molecule has 3 fully saturated rings. The summed E-state index contributed by atoms with van der Waals surface area (Å²) in [4.78, 5) is 49.0. The molecule has 4 aliphatic rings. The number of hydrogen-bond acceptors (Lipinski definition) is 6. The van der Waals surface area contributed by atoms with Crippen LogP contribution in [-0.2, 0) is 23.9 Å². The van der Waals surface area contributed by atoms with Gasteiger partial charge in [0.25, 0.3) is 5.78 Å². The molecule has 0 radical (unpaired) electrons. The summed E-state index contributed by atoms with van der Waals surface area (Å²) in [6.45, 7) is 4.99. The molecule has 0 unspecified atom stereocenters. The predicted octanol–water partition coefficient (Wildman–Crippen LogP) is 2.93. The summed E-state index contributed by atoms with van der Waals surface area (Å²) >= 11 is 0. The van der Waals surface area contributed by atoms with E-state index < -0.39 is 57.8 Å². The monoisotopic (exact) mass is 450 g/mol. The van der Waals surface area contributed by atoms with Gasteiger partial charge in [0.05, 0.1) is 6.10 Å². The molecule has 7 nitrogen and oxygen atoms in total. The second kappa shape index (κ2) is 7.20. The quantitative estimate of drug-likeness (QED) is 0.499. The number of aliphatic hydroxyl groups is 1. The van der Waals surface area contributed by atoms with Crippen molar-refractivity contribution in [3.8, 4) is 0 Å². The molecule has 4 rings (SSSR count). The van der Waals surface area contributed by atoms with Crippen LogP contribution in [-0.4, -0.2) is 51.1 Å². The van der Waals surface area contributed by atoms with Crippen molar-refractivity contribution < 1.29 is 38.5 Å². The van der Waals surface area contributed by atoms with Crippen LogP contribution in [0.3, 0.4) is 0 Å². The van der Waals surface area contributed by atoms with Gasteiger partial charge in [-0.05, 0) is 50.5 Å². The number of carboxylic acids is 1. The molecule has 0 spiro atoms. The molecule has 3 saturated carbocycles. The Morgan fingerprint density at radius 3 is 2.47 bits per heavy atom. The number of allylic oxidation sites excluding steroid dienone is 1. The average molecular weight is 451 g/mol. The zero-order valence-electron chi connectivity index (χ0n) is 18.8. The number of alkyl halides is 1. The fraction of sp³-hybridized carbons (Fsp3) is 0.750. The van der Waals surface area contributed by atoms with Crippen LogP contribution in [0.1, 0.15) is 72.1 Å². The number of esters is 1. The Bertz CT molecular complexity index is 927. The number of aliphatic hydroxyl groups excluding tert-OH is 1. The van der Waals surface area contributed by atoms with E-state index in [-0.39, 0.29) is 31.5 Å². The van der Waals surface area contributed by atoms with Gasteiger partial charge in [0.15, 0.2) is 11.4 Å². The topological polar surface area (TPSA) is 118 Å². The minimum absolute atomic E-state index is 0.0117. The first-order valence-electron chi connectivity index (χ1n) is 11.5. The highest BCUT2D eigenvalue weighted by molar-refractivity contribution is 6.36. The molecule has 32 heavy (non-hydrogen) atoms. The van der Waals surface area contributed by atoms with Crippen LogP contribution in [0, 0.1) is 22.7 Å². The van der Waals surface area contributed by atoms with E-state index in [1.54, 1.807) is 20.8 Å². The van der Waals surface area contributed by atoms with Gasteiger partial charge in [-0.1, -0.05) is 26.3 Å². The lowest BCUT2D eigenvalue weighted by atomic mass is 9.44. The van der Waals surface area contributed by atoms with Crippen LogP contribution in [0.2, 0.25) is 0 Å². The van der Waals surface area contributed by atoms with E-state index in [2.05, 4.69) is 0 Å². The summed E-state index contributed by atoms with van der Waals surface area (Å²) in [5.41, 5.74) is -5.45. The lowest BCUT2D eigenvalue weighted by Crippen LogP contribution is -2.70. The first-order chi connectivity index (χ1) is 14.9. The van der Waals surface area contributed by atoms with E-state index in [0.29, 0.717) is 25.7 Å². The largest absolute Gasteiger partial charge is 0.475 e. The molecule has 4 aliphatic carbocycles. The Morgan fingerprint density at radius 1 is 1.16 bits per heavy atom. The lowest BCUT2D eigenvalue weighted by Gasteiger charge is -2.63. The van der Waals surface area contributed by atoms with Crippen molar-refractivity contribution in [2.24, 2.45) is 22.7 Å². The summed E-state index contributed by atoms with van der Waals surface area (Å²) in [5, 5.41) is 20.9. The van der Waals surface area contributed by atoms with Gasteiger partial charge in [-0.15, -0.1) is 0 Å². The Balaban J connectivity index is 1.82. The van der Waals surface area contributed by atoms with Crippen molar-refractivity contribution in [3.63, 3.8) is 0 Å². The maximum absolute atomic E-state index is 17.1.